The van der Waals surface area contributed by atoms with Crippen molar-refractivity contribution in [2.45, 2.75) is 43.9 Å². The molecule has 4 bridgehead atoms. The summed E-state index contributed by atoms with van der Waals surface area (Å²) in [6, 6.07) is 8.74. The monoisotopic (exact) mass is 466 g/mol. The molecule has 2 N–H and O–H groups in total. The molecule has 1 aromatic carbocycles. The highest BCUT2D eigenvalue weighted by Crippen LogP contribution is 2.60. The molecule has 5 aliphatic rings. The molecule has 0 aromatic heterocycles. The molecule has 0 radical (unpaired) electrons. The van der Waals surface area contributed by atoms with Crippen molar-refractivity contribution >= 4 is 16.3 Å². The van der Waals surface area contributed by atoms with Gasteiger partial charge in [0.2, 0.25) is 0 Å². The van der Waals surface area contributed by atoms with Gasteiger partial charge in [-0.15, -0.1) is 0 Å². The molecule has 4 saturated carbocycles. The van der Waals surface area contributed by atoms with E-state index < -0.39 is 10.4 Å². The maximum Gasteiger partial charge on any atom is 0.394 e. The summed E-state index contributed by atoms with van der Waals surface area (Å²) in [5.41, 5.74) is 1.95. The fourth-order valence-electron chi connectivity index (χ4n) is 6.66. The summed E-state index contributed by atoms with van der Waals surface area (Å²) in [4.78, 5) is 16.5. The SMILES string of the molecule is CN1CCN(C(=O)COc2ccc(C34CC5CC(CC(C5)C3)C4)cc2)CC1.O=S(=O)(O)O. The second kappa shape index (κ2) is 9.29. The van der Waals surface area contributed by atoms with E-state index in [4.69, 9.17) is 22.3 Å². The minimum atomic E-state index is -4.67. The number of piperazine rings is 1. The number of nitrogens with zero attached hydrogens (tertiary/aromatic N) is 2. The third-order valence-corrected chi connectivity index (χ3v) is 7.72. The second-order valence-electron chi connectivity index (χ2n) is 10.1. The zero-order valence-corrected chi connectivity index (χ0v) is 19.5. The quantitative estimate of drug-likeness (QED) is 0.657. The van der Waals surface area contributed by atoms with Gasteiger partial charge in [0.15, 0.2) is 6.61 Å². The first-order valence-corrected chi connectivity index (χ1v) is 12.9. The van der Waals surface area contributed by atoms with E-state index in [1.54, 1.807) is 0 Å². The van der Waals surface area contributed by atoms with Crippen molar-refractivity contribution in [1.82, 2.24) is 9.80 Å². The van der Waals surface area contributed by atoms with Crippen LogP contribution in [0, 0.1) is 17.8 Å². The molecule has 6 rings (SSSR count). The molecule has 1 aliphatic heterocycles. The first-order chi connectivity index (χ1) is 15.1. The lowest BCUT2D eigenvalue weighted by atomic mass is 9.48. The average molecular weight is 467 g/mol. The zero-order chi connectivity index (χ0) is 22.9. The van der Waals surface area contributed by atoms with E-state index in [9.17, 15) is 4.79 Å². The maximum absolute atomic E-state index is 12.4. The predicted molar refractivity (Wildman–Crippen MR) is 120 cm³/mol. The van der Waals surface area contributed by atoms with Crippen LogP contribution in [-0.2, 0) is 20.6 Å². The van der Waals surface area contributed by atoms with Crippen LogP contribution < -0.4 is 4.74 Å². The van der Waals surface area contributed by atoms with Crippen molar-refractivity contribution in [3.05, 3.63) is 29.8 Å². The number of carbonyl (C=O) groups is 1. The van der Waals surface area contributed by atoms with Crippen LogP contribution in [0.1, 0.15) is 44.1 Å². The molecule has 9 heteroatoms. The minimum absolute atomic E-state index is 0.105. The van der Waals surface area contributed by atoms with E-state index in [-0.39, 0.29) is 12.5 Å². The number of hydrogen-bond acceptors (Lipinski definition) is 5. The fraction of sp³-hybridized carbons (Fsp3) is 0.696. The van der Waals surface area contributed by atoms with Gasteiger partial charge < -0.3 is 14.5 Å². The number of hydrogen-bond donors (Lipinski definition) is 2. The second-order valence-corrected chi connectivity index (χ2v) is 11.0. The first kappa shape index (κ1) is 23.5. The number of ether oxygens (including phenoxy) is 1. The molecule has 4 aliphatic carbocycles. The summed E-state index contributed by atoms with van der Waals surface area (Å²) in [6.45, 7) is 3.67. The molecule has 8 nitrogen and oxygen atoms in total. The number of likely N-dealkylation sites (N-methyl/N-ethyl adjacent to an activating group) is 1. The van der Waals surface area contributed by atoms with E-state index in [0.717, 1.165) is 49.7 Å². The highest BCUT2D eigenvalue weighted by Gasteiger charge is 2.51. The van der Waals surface area contributed by atoms with Gasteiger partial charge in [0.05, 0.1) is 0 Å². The van der Waals surface area contributed by atoms with Gasteiger partial charge >= 0.3 is 10.4 Å². The Morgan fingerprint density at radius 3 is 1.91 bits per heavy atom. The normalized spacial score (nSPS) is 31.7. The van der Waals surface area contributed by atoms with Crippen molar-refractivity contribution in [3.63, 3.8) is 0 Å². The van der Waals surface area contributed by atoms with E-state index in [0.29, 0.717) is 5.41 Å². The van der Waals surface area contributed by atoms with Gasteiger partial charge in [-0.3, -0.25) is 13.9 Å². The summed E-state index contributed by atoms with van der Waals surface area (Å²) >= 11 is 0. The standard InChI is InChI=1S/C23H32N2O2.H2O4S/c1-24-6-8-25(9-7-24)22(26)16-27-21-4-2-20(3-5-21)23-13-17-10-18(14-23)12-19(11-17)15-23;1-5(2,3)4/h2-5,17-19H,6-16H2,1H3;(H2,1,2,3,4). The van der Waals surface area contributed by atoms with E-state index >= 15 is 0 Å². The number of rotatable bonds is 4. The Morgan fingerprint density at radius 1 is 0.969 bits per heavy atom. The zero-order valence-electron chi connectivity index (χ0n) is 18.6. The first-order valence-electron chi connectivity index (χ1n) is 11.5. The molecule has 0 unspecified atom stereocenters. The van der Waals surface area contributed by atoms with Crippen LogP contribution in [0.25, 0.3) is 0 Å². The Labute approximate surface area is 190 Å². The van der Waals surface area contributed by atoms with Crippen molar-refractivity contribution < 1.29 is 27.1 Å². The Kier molecular flexibility index (Phi) is 6.81. The number of benzene rings is 1. The van der Waals surface area contributed by atoms with E-state index in [1.165, 1.54) is 44.1 Å². The fourth-order valence-corrected chi connectivity index (χ4v) is 6.66. The molecule has 1 saturated heterocycles. The van der Waals surface area contributed by atoms with Crippen LogP contribution >= 0.6 is 0 Å². The van der Waals surface area contributed by atoms with Crippen molar-refractivity contribution in [2.75, 3.05) is 39.8 Å². The summed E-state index contributed by atoms with van der Waals surface area (Å²) < 4.78 is 37.4. The van der Waals surface area contributed by atoms with Crippen LogP contribution in [0.5, 0.6) is 5.75 Å². The van der Waals surface area contributed by atoms with Crippen molar-refractivity contribution in [3.8, 4) is 5.75 Å². The lowest BCUT2D eigenvalue weighted by Gasteiger charge is -2.57. The topological polar surface area (TPSA) is 107 Å². The van der Waals surface area contributed by atoms with Gasteiger partial charge in [-0.1, -0.05) is 12.1 Å². The lowest BCUT2D eigenvalue weighted by molar-refractivity contribution is -0.134. The number of amides is 1. The van der Waals surface area contributed by atoms with E-state index in [1.807, 2.05) is 4.90 Å². The molecular weight excluding hydrogens is 432 g/mol. The molecule has 0 spiro atoms. The van der Waals surface area contributed by atoms with Crippen molar-refractivity contribution in [2.24, 2.45) is 17.8 Å². The molecule has 0 atom stereocenters. The van der Waals surface area contributed by atoms with Gasteiger partial charge in [-0.25, -0.2) is 0 Å². The minimum Gasteiger partial charge on any atom is -0.484 e. The largest absolute Gasteiger partial charge is 0.484 e. The van der Waals surface area contributed by atoms with Crippen LogP contribution in [-0.4, -0.2) is 73.1 Å². The Hall–Kier alpha value is -1.68. The molecule has 1 aromatic rings. The summed E-state index contributed by atoms with van der Waals surface area (Å²) in [5, 5.41) is 0. The number of carbonyl (C=O) groups excluding carboxylic acids is 1. The van der Waals surface area contributed by atoms with Gasteiger partial charge in [0.1, 0.15) is 5.75 Å². The maximum atomic E-state index is 12.4. The van der Waals surface area contributed by atoms with Crippen molar-refractivity contribution in [1.29, 1.82) is 0 Å². The third kappa shape index (κ3) is 5.81. The Bertz CT molecular complexity index is 866. The van der Waals surface area contributed by atoms with Gasteiger partial charge in [-0.2, -0.15) is 8.42 Å². The molecule has 1 amide bonds. The molecule has 32 heavy (non-hydrogen) atoms. The Morgan fingerprint density at radius 2 is 1.44 bits per heavy atom. The van der Waals surface area contributed by atoms with Crippen LogP contribution in [0.3, 0.4) is 0 Å². The van der Waals surface area contributed by atoms with Gasteiger partial charge in [0.25, 0.3) is 5.91 Å². The molecule has 5 fully saturated rings. The van der Waals surface area contributed by atoms with Crippen LogP contribution in [0.4, 0.5) is 0 Å². The van der Waals surface area contributed by atoms with Gasteiger partial charge in [0, 0.05) is 26.2 Å². The van der Waals surface area contributed by atoms with Gasteiger partial charge in [-0.05, 0) is 86.4 Å². The van der Waals surface area contributed by atoms with Crippen LogP contribution in [0.15, 0.2) is 24.3 Å². The van der Waals surface area contributed by atoms with E-state index in [2.05, 4.69) is 36.2 Å². The summed E-state index contributed by atoms with van der Waals surface area (Å²) in [5.74, 6) is 3.83. The third-order valence-electron chi connectivity index (χ3n) is 7.72. The smallest absolute Gasteiger partial charge is 0.394 e. The highest BCUT2D eigenvalue weighted by molar-refractivity contribution is 7.79. The molecular formula is C23H34N2O6S. The van der Waals surface area contributed by atoms with Crippen LogP contribution in [0.2, 0.25) is 0 Å². The predicted octanol–water partition coefficient (Wildman–Crippen LogP) is 2.65. The molecule has 178 valence electrons. The molecule has 1 heterocycles. The lowest BCUT2D eigenvalue weighted by Crippen LogP contribution is -2.48. The average Bonchev–Trinajstić information content (AvgIpc) is 2.71. The summed E-state index contributed by atoms with van der Waals surface area (Å²) in [7, 11) is -2.57. The highest BCUT2D eigenvalue weighted by atomic mass is 32.3. The summed E-state index contributed by atoms with van der Waals surface area (Å²) in [6.07, 6.45) is 8.61. The Balaban J connectivity index is 0.000000444.